The molecular weight excluding hydrogens is 524 g/mol. The predicted octanol–water partition coefficient (Wildman–Crippen LogP) is 7.70. The number of para-hydroxylation sites is 1. The molecule has 2 atom stereocenters. The van der Waals surface area contributed by atoms with Gasteiger partial charge >= 0.3 is 6.18 Å². The van der Waals surface area contributed by atoms with Gasteiger partial charge in [-0.2, -0.15) is 18.3 Å². The Morgan fingerprint density at radius 1 is 0.973 bits per heavy atom. The summed E-state index contributed by atoms with van der Waals surface area (Å²) in [6.45, 7) is 0.230. The molecule has 1 aromatic heterocycles. The summed E-state index contributed by atoms with van der Waals surface area (Å²) in [7, 11) is 0. The van der Waals surface area contributed by atoms with E-state index >= 15 is 0 Å². The average Bonchev–Trinajstić information content (AvgIpc) is 3.33. The maximum atomic E-state index is 14.1. The van der Waals surface area contributed by atoms with E-state index in [-0.39, 0.29) is 29.5 Å². The van der Waals surface area contributed by atoms with Crippen LogP contribution in [-0.4, -0.2) is 21.9 Å². The number of fused-ring (bicyclic) bond motifs is 1. The standard InChI is InChI=1S/C27H21Cl2F3N4O/c28-20-12-11-18(13-21(20)29)22-14-24(27(30,31)32)36-25(33-22)15-23(34-36)26(37)35(19-9-5-2-6-10-19)16-17-7-3-1-4-8-17/h1-13,15,22,24,33H,14,16H2/t22-,24+/m0/s1. The van der Waals surface area contributed by atoms with E-state index in [1.165, 1.54) is 11.0 Å². The fourth-order valence-electron chi connectivity index (χ4n) is 4.42. The van der Waals surface area contributed by atoms with Crippen LogP contribution in [0.5, 0.6) is 0 Å². The van der Waals surface area contributed by atoms with Gasteiger partial charge in [-0.1, -0.05) is 77.8 Å². The van der Waals surface area contributed by atoms with E-state index < -0.39 is 24.2 Å². The highest BCUT2D eigenvalue weighted by molar-refractivity contribution is 6.42. The molecule has 0 unspecified atom stereocenters. The molecule has 5 rings (SSSR count). The first kappa shape index (κ1) is 25.2. The Bertz CT molecular complexity index is 1410. The summed E-state index contributed by atoms with van der Waals surface area (Å²) in [5, 5.41) is 7.80. The number of nitrogens with one attached hydrogen (secondary N) is 1. The minimum Gasteiger partial charge on any atom is -0.363 e. The molecule has 2 heterocycles. The molecular formula is C27H21Cl2F3N4O. The summed E-state index contributed by atoms with van der Waals surface area (Å²) in [6.07, 6.45) is -4.91. The van der Waals surface area contributed by atoms with Crippen LogP contribution in [-0.2, 0) is 6.54 Å². The lowest BCUT2D eigenvalue weighted by Gasteiger charge is -2.33. The molecule has 0 saturated carbocycles. The summed E-state index contributed by atoms with van der Waals surface area (Å²) in [6, 6.07) is 21.8. The zero-order chi connectivity index (χ0) is 26.2. The number of benzene rings is 3. The number of aromatic nitrogens is 2. The summed E-state index contributed by atoms with van der Waals surface area (Å²) in [5.41, 5.74) is 1.94. The maximum Gasteiger partial charge on any atom is 0.410 e. The smallest absolute Gasteiger partial charge is 0.363 e. The molecule has 1 amide bonds. The van der Waals surface area contributed by atoms with Gasteiger partial charge in [-0.3, -0.25) is 4.79 Å². The second-order valence-corrected chi connectivity index (χ2v) is 9.55. The zero-order valence-electron chi connectivity index (χ0n) is 19.3. The van der Waals surface area contributed by atoms with E-state index in [4.69, 9.17) is 23.2 Å². The molecule has 0 bridgehead atoms. The van der Waals surface area contributed by atoms with Crippen molar-refractivity contribution >= 4 is 40.6 Å². The van der Waals surface area contributed by atoms with Crippen LogP contribution in [0.15, 0.2) is 84.9 Å². The summed E-state index contributed by atoms with van der Waals surface area (Å²) >= 11 is 12.1. The number of rotatable bonds is 5. The molecule has 0 aliphatic carbocycles. The first-order chi connectivity index (χ1) is 17.7. The summed E-state index contributed by atoms with van der Waals surface area (Å²) < 4.78 is 43.3. The van der Waals surface area contributed by atoms with Crippen LogP contribution in [0, 0.1) is 0 Å². The third-order valence-corrected chi connectivity index (χ3v) is 6.99. The Kier molecular flexibility index (Phi) is 6.88. The molecule has 0 radical (unpaired) electrons. The first-order valence-corrected chi connectivity index (χ1v) is 12.2. The van der Waals surface area contributed by atoms with Gasteiger partial charge in [0.15, 0.2) is 11.7 Å². The highest BCUT2D eigenvalue weighted by atomic mass is 35.5. The molecule has 1 aliphatic heterocycles. The number of carbonyl (C=O) groups excluding carboxylic acids is 1. The Morgan fingerprint density at radius 2 is 1.65 bits per heavy atom. The monoisotopic (exact) mass is 544 g/mol. The highest BCUT2D eigenvalue weighted by Crippen LogP contribution is 2.44. The fraction of sp³-hybridized carbons (Fsp3) is 0.185. The molecule has 1 aliphatic rings. The first-order valence-electron chi connectivity index (χ1n) is 11.5. The number of nitrogens with zero attached hydrogens (tertiary/aromatic N) is 3. The van der Waals surface area contributed by atoms with Gasteiger partial charge in [0.2, 0.25) is 0 Å². The number of halogens is 5. The van der Waals surface area contributed by atoms with Crippen molar-refractivity contribution < 1.29 is 18.0 Å². The Hall–Kier alpha value is -3.49. The van der Waals surface area contributed by atoms with Gasteiger partial charge in [-0.15, -0.1) is 0 Å². The van der Waals surface area contributed by atoms with Gasteiger partial charge in [-0.05, 0) is 35.4 Å². The highest BCUT2D eigenvalue weighted by Gasteiger charge is 2.47. The second kappa shape index (κ2) is 10.1. The second-order valence-electron chi connectivity index (χ2n) is 8.74. The number of amides is 1. The van der Waals surface area contributed by atoms with Gasteiger partial charge in [-0.25, -0.2) is 4.68 Å². The lowest BCUT2D eigenvalue weighted by atomic mass is 9.97. The lowest BCUT2D eigenvalue weighted by molar-refractivity contribution is -0.173. The molecule has 10 heteroatoms. The molecule has 37 heavy (non-hydrogen) atoms. The van der Waals surface area contributed by atoms with Crippen molar-refractivity contribution in [3.8, 4) is 0 Å². The van der Waals surface area contributed by atoms with Crippen molar-refractivity contribution in [2.24, 2.45) is 0 Å². The largest absolute Gasteiger partial charge is 0.410 e. The lowest BCUT2D eigenvalue weighted by Crippen LogP contribution is -2.36. The van der Waals surface area contributed by atoms with E-state index in [0.717, 1.165) is 10.2 Å². The van der Waals surface area contributed by atoms with Crippen molar-refractivity contribution in [3.05, 3.63) is 112 Å². The van der Waals surface area contributed by atoms with Crippen molar-refractivity contribution in [2.75, 3.05) is 10.2 Å². The fourth-order valence-corrected chi connectivity index (χ4v) is 4.72. The maximum absolute atomic E-state index is 14.1. The molecule has 3 aromatic carbocycles. The Balaban J connectivity index is 1.51. The summed E-state index contributed by atoms with van der Waals surface area (Å²) in [5.74, 6) is -0.411. The van der Waals surface area contributed by atoms with Gasteiger partial charge in [0.25, 0.3) is 5.91 Å². The van der Waals surface area contributed by atoms with E-state index in [2.05, 4.69) is 10.4 Å². The van der Waals surface area contributed by atoms with Gasteiger partial charge in [0.1, 0.15) is 5.82 Å². The molecule has 5 nitrogen and oxygen atoms in total. The number of hydrogen-bond acceptors (Lipinski definition) is 3. The molecule has 190 valence electrons. The average molecular weight is 545 g/mol. The minimum atomic E-state index is -4.58. The van der Waals surface area contributed by atoms with Crippen molar-refractivity contribution in [2.45, 2.75) is 31.2 Å². The van der Waals surface area contributed by atoms with Crippen LogP contribution >= 0.6 is 23.2 Å². The van der Waals surface area contributed by atoms with Crippen LogP contribution in [0.4, 0.5) is 24.7 Å². The van der Waals surface area contributed by atoms with E-state index in [1.807, 2.05) is 36.4 Å². The summed E-state index contributed by atoms with van der Waals surface area (Å²) in [4.78, 5) is 15.2. The van der Waals surface area contributed by atoms with Crippen LogP contribution < -0.4 is 10.2 Å². The normalized spacial score (nSPS) is 17.1. The Labute approximate surface area is 221 Å². The molecule has 1 N–H and O–H groups in total. The minimum absolute atomic E-state index is 0.0914. The number of carbonyl (C=O) groups is 1. The SMILES string of the molecule is O=C(c1cc2n(n1)[C@@H](C(F)(F)F)C[C@@H](c1ccc(Cl)c(Cl)c1)N2)N(Cc1ccccc1)c1ccccc1. The van der Waals surface area contributed by atoms with Crippen molar-refractivity contribution in [1.82, 2.24) is 9.78 Å². The number of alkyl halides is 3. The van der Waals surface area contributed by atoms with Crippen molar-refractivity contribution in [1.29, 1.82) is 0 Å². The van der Waals surface area contributed by atoms with Crippen LogP contribution in [0.3, 0.4) is 0 Å². The van der Waals surface area contributed by atoms with E-state index in [1.54, 1.807) is 42.5 Å². The third-order valence-electron chi connectivity index (χ3n) is 6.25. The van der Waals surface area contributed by atoms with E-state index in [9.17, 15) is 18.0 Å². The number of anilines is 2. The molecule has 4 aromatic rings. The van der Waals surface area contributed by atoms with Crippen LogP contribution in [0.1, 0.15) is 40.1 Å². The van der Waals surface area contributed by atoms with Gasteiger partial charge in [0.05, 0.1) is 22.6 Å². The topological polar surface area (TPSA) is 50.2 Å². The van der Waals surface area contributed by atoms with E-state index in [0.29, 0.717) is 16.3 Å². The van der Waals surface area contributed by atoms with Crippen molar-refractivity contribution in [3.63, 3.8) is 0 Å². The van der Waals surface area contributed by atoms with Crippen LogP contribution in [0.25, 0.3) is 0 Å². The molecule has 0 fully saturated rings. The third kappa shape index (κ3) is 5.31. The van der Waals surface area contributed by atoms with Gasteiger partial charge in [0, 0.05) is 18.2 Å². The Morgan fingerprint density at radius 3 is 2.30 bits per heavy atom. The zero-order valence-corrected chi connectivity index (χ0v) is 20.8. The molecule has 0 saturated heterocycles. The predicted molar refractivity (Wildman–Crippen MR) is 138 cm³/mol. The number of hydrogen-bond donors (Lipinski definition) is 1. The molecule has 0 spiro atoms. The van der Waals surface area contributed by atoms with Gasteiger partial charge < -0.3 is 10.2 Å². The quantitative estimate of drug-likeness (QED) is 0.280. The van der Waals surface area contributed by atoms with Crippen LogP contribution in [0.2, 0.25) is 10.0 Å².